The Hall–Kier alpha value is -1.47. The van der Waals surface area contributed by atoms with E-state index >= 15 is 0 Å². The molecule has 0 bridgehead atoms. The monoisotopic (exact) mass is 371 g/mol. The zero-order valence-corrected chi connectivity index (χ0v) is 16.7. The first-order chi connectivity index (χ1) is 12.2. The number of rotatable bonds is 14. The van der Waals surface area contributed by atoms with Gasteiger partial charge in [-0.25, -0.2) is 0 Å². The van der Waals surface area contributed by atoms with E-state index in [-0.39, 0.29) is 24.2 Å². The molecule has 3 atom stereocenters. The maximum Gasteiger partial charge on any atom is 0.245 e. The molecule has 5 N–H and O–H groups in total. The highest BCUT2D eigenvalue weighted by Gasteiger charge is 2.29. The van der Waals surface area contributed by atoms with Crippen molar-refractivity contribution < 1.29 is 19.5 Å². The molecule has 26 heavy (non-hydrogen) atoms. The Morgan fingerprint density at radius 2 is 1.62 bits per heavy atom. The second-order valence-corrected chi connectivity index (χ2v) is 7.15. The van der Waals surface area contributed by atoms with Gasteiger partial charge in [0.1, 0.15) is 6.04 Å². The Bertz CT molecular complexity index is 439. The van der Waals surface area contributed by atoms with Gasteiger partial charge in [-0.05, 0) is 26.3 Å². The van der Waals surface area contributed by atoms with E-state index in [2.05, 4.69) is 17.6 Å². The first kappa shape index (κ1) is 24.5. The fourth-order valence-corrected chi connectivity index (χ4v) is 2.66. The summed E-state index contributed by atoms with van der Waals surface area (Å²) < 4.78 is 0. The molecule has 0 aromatic rings. The summed E-state index contributed by atoms with van der Waals surface area (Å²) in [5.41, 5.74) is 5.53. The zero-order valence-electron chi connectivity index (χ0n) is 16.7. The van der Waals surface area contributed by atoms with Crippen molar-refractivity contribution >= 4 is 17.6 Å². The van der Waals surface area contributed by atoms with Crippen molar-refractivity contribution in [2.45, 2.75) is 90.8 Å². The summed E-state index contributed by atoms with van der Waals surface area (Å²) in [5.74, 6) is -1.19. The first-order valence-electron chi connectivity index (χ1n) is 9.76. The number of aliphatic hydroxyl groups excluding tert-OH is 1. The summed E-state index contributed by atoms with van der Waals surface area (Å²) in [5, 5.41) is 15.1. The van der Waals surface area contributed by atoms with E-state index < -0.39 is 24.1 Å². The summed E-state index contributed by atoms with van der Waals surface area (Å²) in [7, 11) is 0. The molecule has 0 radical (unpaired) electrons. The van der Waals surface area contributed by atoms with Crippen molar-refractivity contribution in [3.8, 4) is 0 Å². The number of amides is 2. The van der Waals surface area contributed by atoms with Gasteiger partial charge in [0.2, 0.25) is 11.8 Å². The molecule has 0 aromatic heterocycles. The number of ketones is 1. The predicted molar refractivity (Wildman–Crippen MR) is 102 cm³/mol. The number of hydrogen-bond donors (Lipinski definition) is 4. The van der Waals surface area contributed by atoms with Gasteiger partial charge in [0.25, 0.3) is 0 Å². The molecule has 0 aliphatic carbocycles. The van der Waals surface area contributed by atoms with Crippen LogP contribution in [-0.4, -0.2) is 47.4 Å². The van der Waals surface area contributed by atoms with Crippen LogP contribution >= 0.6 is 0 Å². The van der Waals surface area contributed by atoms with E-state index in [1.54, 1.807) is 13.8 Å². The molecule has 0 fully saturated rings. The zero-order chi connectivity index (χ0) is 20.1. The summed E-state index contributed by atoms with van der Waals surface area (Å²) in [6, 6.07) is -1.79. The Morgan fingerprint density at radius 1 is 1.00 bits per heavy atom. The minimum Gasteiger partial charge on any atom is -0.391 e. The topological polar surface area (TPSA) is 122 Å². The summed E-state index contributed by atoms with van der Waals surface area (Å²) in [6.07, 6.45) is 4.66. The highest BCUT2D eigenvalue weighted by atomic mass is 16.3. The Balaban J connectivity index is 4.68. The molecular formula is C19H37N3O4. The number of hydrogen-bond acceptors (Lipinski definition) is 5. The van der Waals surface area contributed by atoms with Crippen LogP contribution in [0.1, 0.15) is 72.6 Å². The highest BCUT2D eigenvalue weighted by Crippen LogP contribution is 2.07. The van der Waals surface area contributed by atoms with Crippen molar-refractivity contribution in [3.63, 3.8) is 0 Å². The van der Waals surface area contributed by atoms with Crippen LogP contribution < -0.4 is 16.4 Å². The van der Waals surface area contributed by atoms with E-state index in [9.17, 15) is 19.5 Å². The minimum atomic E-state index is -1.08. The van der Waals surface area contributed by atoms with Crippen molar-refractivity contribution in [2.24, 2.45) is 11.7 Å². The standard InChI is InChI=1S/C19H37N3O4/c1-5-6-7-8-9-10-16(24)22-17(14(4)23)19(26)21-15(11-12-20)18(25)13(2)3/h13-15,17,23H,5-12,20H2,1-4H3,(H,21,26)(H,22,24)/t14?,15-,17-/m0/s1. The summed E-state index contributed by atoms with van der Waals surface area (Å²) in [6.45, 7) is 7.33. The van der Waals surface area contributed by atoms with Gasteiger partial charge in [0, 0.05) is 12.3 Å². The van der Waals surface area contributed by atoms with Gasteiger partial charge in [-0.2, -0.15) is 0 Å². The lowest BCUT2D eigenvalue weighted by Crippen LogP contribution is -2.56. The van der Waals surface area contributed by atoms with Gasteiger partial charge in [-0.15, -0.1) is 0 Å². The molecule has 0 saturated heterocycles. The van der Waals surface area contributed by atoms with Gasteiger partial charge >= 0.3 is 0 Å². The van der Waals surface area contributed by atoms with E-state index in [1.807, 2.05) is 0 Å². The normalized spacial score (nSPS) is 14.6. The number of aliphatic hydroxyl groups is 1. The van der Waals surface area contributed by atoms with Crippen molar-refractivity contribution in [1.82, 2.24) is 10.6 Å². The van der Waals surface area contributed by atoms with Crippen molar-refractivity contribution in [1.29, 1.82) is 0 Å². The smallest absolute Gasteiger partial charge is 0.245 e. The molecule has 0 rings (SSSR count). The van der Waals surface area contributed by atoms with Gasteiger partial charge in [-0.1, -0.05) is 46.5 Å². The van der Waals surface area contributed by atoms with Crippen LogP contribution in [0.15, 0.2) is 0 Å². The van der Waals surface area contributed by atoms with E-state index in [1.165, 1.54) is 6.92 Å². The molecular weight excluding hydrogens is 334 g/mol. The second-order valence-electron chi connectivity index (χ2n) is 7.15. The van der Waals surface area contributed by atoms with Gasteiger partial charge in [0.05, 0.1) is 12.1 Å². The number of Topliss-reactive ketones (excluding diaryl/α,β-unsaturated/α-hetero) is 1. The van der Waals surface area contributed by atoms with Crippen LogP contribution in [0.5, 0.6) is 0 Å². The van der Waals surface area contributed by atoms with Gasteiger partial charge in [0.15, 0.2) is 5.78 Å². The number of nitrogens with two attached hydrogens (primary N) is 1. The van der Waals surface area contributed by atoms with Crippen LogP contribution in [0.4, 0.5) is 0 Å². The van der Waals surface area contributed by atoms with Crippen molar-refractivity contribution in [3.05, 3.63) is 0 Å². The minimum absolute atomic E-state index is 0.115. The van der Waals surface area contributed by atoms with Gasteiger partial charge in [-0.3, -0.25) is 14.4 Å². The molecule has 0 saturated carbocycles. The number of carbonyl (C=O) groups is 3. The SMILES string of the molecule is CCCCCCCC(=O)N[C@H](C(=O)N[C@@H](CCN)C(=O)C(C)C)C(C)O. The Labute approximate surface area is 157 Å². The summed E-state index contributed by atoms with van der Waals surface area (Å²) >= 11 is 0. The third-order valence-corrected chi connectivity index (χ3v) is 4.27. The average Bonchev–Trinajstić information content (AvgIpc) is 2.57. The number of carbonyl (C=O) groups excluding carboxylic acids is 3. The first-order valence-corrected chi connectivity index (χ1v) is 9.76. The molecule has 2 amide bonds. The second kappa shape index (κ2) is 13.7. The molecule has 1 unspecified atom stereocenters. The van der Waals surface area contributed by atoms with E-state index in [4.69, 9.17) is 5.73 Å². The quantitative estimate of drug-likeness (QED) is 0.343. The molecule has 0 aliphatic heterocycles. The maximum atomic E-state index is 12.5. The third-order valence-electron chi connectivity index (χ3n) is 4.27. The fourth-order valence-electron chi connectivity index (χ4n) is 2.66. The lowest BCUT2D eigenvalue weighted by Gasteiger charge is -2.25. The number of unbranched alkanes of at least 4 members (excludes halogenated alkanes) is 4. The molecule has 0 aromatic carbocycles. The Morgan fingerprint density at radius 3 is 2.12 bits per heavy atom. The largest absolute Gasteiger partial charge is 0.391 e. The average molecular weight is 372 g/mol. The summed E-state index contributed by atoms with van der Waals surface area (Å²) in [4.78, 5) is 36.7. The lowest BCUT2D eigenvalue weighted by atomic mass is 9.98. The van der Waals surface area contributed by atoms with Crippen LogP contribution in [-0.2, 0) is 14.4 Å². The van der Waals surface area contributed by atoms with Gasteiger partial charge < -0.3 is 21.5 Å². The predicted octanol–water partition coefficient (Wildman–Crippen LogP) is 1.27. The third kappa shape index (κ3) is 9.87. The van der Waals surface area contributed by atoms with E-state index in [0.29, 0.717) is 12.8 Å². The van der Waals surface area contributed by atoms with E-state index in [0.717, 1.165) is 32.1 Å². The molecule has 152 valence electrons. The maximum absolute atomic E-state index is 12.5. The highest BCUT2D eigenvalue weighted by molar-refractivity contribution is 5.93. The Kier molecular flexibility index (Phi) is 12.9. The molecule has 0 spiro atoms. The molecule has 7 nitrogen and oxygen atoms in total. The lowest BCUT2D eigenvalue weighted by molar-refractivity contribution is -0.134. The number of nitrogens with one attached hydrogen (secondary N) is 2. The molecule has 0 aliphatic rings. The fraction of sp³-hybridized carbons (Fsp3) is 0.842. The van der Waals surface area contributed by atoms with Crippen LogP contribution in [0.2, 0.25) is 0 Å². The van der Waals surface area contributed by atoms with Crippen LogP contribution in [0, 0.1) is 5.92 Å². The molecule has 0 heterocycles. The van der Waals surface area contributed by atoms with Crippen LogP contribution in [0.25, 0.3) is 0 Å². The van der Waals surface area contributed by atoms with Crippen molar-refractivity contribution in [2.75, 3.05) is 6.54 Å². The molecule has 7 heteroatoms. The van der Waals surface area contributed by atoms with Crippen LogP contribution in [0.3, 0.4) is 0 Å².